The van der Waals surface area contributed by atoms with Gasteiger partial charge in [0, 0.05) is 37.6 Å². The normalized spacial score (nSPS) is 17.6. The molecule has 0 unspecified atom stereocenters. The average molecular weight is 377 g/mol. The predicted octanol–water partition coefficient (Wildman–Crippen LogP) is 3.56. The van der Waals surface area contributed by atoms with Crippen LogP contribution in [0.1, 0.15) is 24.1 Å². The summed E-state index contributed by atoms with van der Waals surface area (Å²) in [5, 5.41) is 3.64. The van der Waals surface area contributed by atoms with Crippen molar-refractivity contribution in [2.45, 2.75) is 32.4 Å². The minimum atomic E-state index is 0.0874. The van der Waals surface area contributed by atoms with Crippen molar-refractivity contribution in [3.05, 3.63) is 82.3 Å². The maximum atomic E-state index is 13.2. The van der Waals surface area contributed by atoms with E-state index in [1.54, 1.807) is 4.68 Å². The van der Waals surface area contributed by atoms with Crippen LogP contribution in [0.5, 0.6) is 0 Å². The summed E-state index contributed by atoms with van der Waals surface area (Å²) in [7, 11) is 1.96. The number of nitrogens with zero attached hydrogens (tertiary/aromatic N) is 3. The molecule has 1 fully saturated rings. The van der Waals surface area contributed by atoms with E-state index in [1.165, 1.54) is 0 Å². The van der Waals surface area contributed by atoms with Gasteiger partial charge in [-0.3, -0.25) is 14.4 Å². The van der Waals surface area contributed by atoms with Gasteiger partial charge in [0.25, 0.3) is 5.56 Å². The number of benzene rings is 2. The Kier molecular flexibility index (Phi) is 5.35. The molecule has 1 atom stereocenters. The number of aromatic nitrogens is 2. The zero-order valence-corrected chi connectivity index (χ0v) is 16.6. The zero-order valence-electron chi connectivity index (χ0n) is 16.6. The second kappa shape index (κ2) is 8.07. The number of nitrogens with one attached hydrogen (secondary N) is 1. The number of likely N-dealkylation sites (tertiary alicyclic amines) is 1. The molecule has 28 heavy (non-hydrogen) atoms. The lowest BCUT2D eigenvalue weighted by atomic mass is 10.0. The van der Waals surface area contributed by atoms with Crippen LogP contribution in [0, 0.1) is 6.92 Å². The van der Waals surface area contributed by atoms with E-state index in [0.717, 1.165) is 48.6 Å². The molecule has 0 bridgehead atoms. The average Bonchev–Trinajstić information content (AvgIpc) is 2.93. The van der Waals surface area contributed by atoms with Crippen molar-refractivity contribution in [1.29, 1.82) is 0 Å². The fourth-order valence-electron chi connectivity index (χ4n) is 4.12. The third kappa shape index (κ3) is 3.76. The van der Waals surface area contributed by atoms with Crippen molar-refractivity contribution < 1.29 is 0 Å². The Labute approximate surface area is 166 Å². The van der Waals surface area contributed by atoms with Gasteiger partial charge in [-0.05, 0) is 50.6 Å². The number of hydrogen-bond acceptors (Lipinski definition) is 3. The monoisotopic (exact) mass is 376 g/mol. The molecule has 5 heteroatoms. The molecule has 2 heterocycles. The first-order valence-electron chi connectivity index (χ1n) is 10.0. The summed E-state index contributed by atoms with van der Waals surface area (Å²) >= 11 is 0. The first kappa shape index (κ1) is 18.6. The van der Waals surface area contributed by atoms with Gasteiger partial charge in [0.05, 0.1) is 11.3 Å². The van der Waals surface area contributed by atoms with Crippen molar-refractivity contribution in [3.8, 4) is 5.69 Å². The Hall–Kier alpha value is -2.79. The fraction of sp³-hybridized carbons (Fsp3) is 0.348. The van der Waals surface area contributed by atoms with E-state index in [1.807, 2.05) is 55.1 Å². The van der Waals surface area contributed by atoms with Gasteiger partial charge in [0.15, 0.2) is 0 Å². The van der Waals surface area contributed by atoms with Crippen molar-refractivity contribution in [2.75, 3.05) is 18.4 Å². The fourth-order valence-corrected chi connectivity index (χ4v) is 4.12. The third-order valence-corrected chi connectivity index (χ3v) is 5.71. The van der Waals surface area contributed by atoms with Crippen LogP contribution in [-0.2, 0) is 13.6 Å². The molecule has 146 valence electrons. The summed E-state index contributed by atoms with van der Waals surface area (Å²) in [5.41, 5.74) is 4.09. The van der Waals surface area contributed by atoms with Crippen LogP contribution in [0.15, 0.2) is 65.5 Å². The second-order valence-electron chi connectivity index (χ2n) is 7.62. The molecular formula is C23H28N4O. The van der Waals surface area contributed by atoms with Gasteiger partial charge in [-0.2, -0.15) is 0 Å². The highest BCUT2D eigenvalue weighted by Gasteiger charge is 2.23. The molecule has 1 aromatic heterocycles. The standard InChI is InChI=1S/C23H28N4O/c1-18-22(23(28)27(25(18)2)21-13-7-4-8-14-21)17-26-15-9-12-20(16-26)24-19-10-5-3-6-11-19/h3-8,10-11,13-14,20,24H,9,12,15-17H2,1-2H3/t20-/m1/s1. The van der Waals surface area contributed by atoms with Crippen LogP contribution >= 0.6 is 0 Å². The maximum absolute atomic E-state index is 13.2. The van der Waals surface area contributed by atoms with Crippen LogP contribution in [-0.4, -0.2) is 33.4 Å². The minimum Gasteiger partial charge on any atom is -0.381 e. The van der Waals surface area contributed by atoms with Crippen molar-refractivity contribution >= 4 is 5.69 Å². The van der Waals surface area contributed by atoms with E-state index < -0.39 is 0 Å². The Morgan fingerprint density at radius 2 is 1.71 bits per heavy atom. The molecule has 0 aliphatic carbocycles. The van der Waals surface area contributed by atoms with E-state index in [4.69, 9.17) is 0 Å². The molecule has 0 radical (unpaired) electrons. The Bertz CT molecular complexity index is 975. The molecule has 5 nitrogen and oxygen atoms in total. The van der Waals surface area contributed by atoms with Gasteiger partial charge >= 0.3 is 0 Å². The topological polar surface area (TPSA) is 42.2 Å². The highest BCUT2D eigenvalue weighted by molar-refractivity contribution is 5.43. The quantitative estimate of drug-likeness (QED) is 0.740. The lowest BCUT2D eigenvalue weighted by Gasteiger charge is -2.33. The van der Waals surface area contributed by atoms with Gasteiger partial charge in [-0.15, -0.1) is 0 Å². The molecule has 1 aliphatic heterocycles. The van der Waals surface area contributed by atoms with Crippen LogP contribution < -0.4 is 10.9 Å². The van der Waals surface area contributed by atoms with E-state index in [9.17, 15) is 4.79 Å². The predicted molar refractivity (Wildman–Crippen MR) is 114 cm³/mol. The molecule has 1 saturated heterocycles. The van der Waals surface area contributed by atoms with Gasteiger partial charge in [-0.1, -0.05) is 36.4 Å². The lowest BCUT2D eigenvalue weighted by Crippen LogP contribution is -2.42. The van der Waals surface area contributed by atoms with E-state index in [2.05, 4.69) is 34.5 Å². The second-order valence-corrected chi connectivity index (χ2v) is 7.62. The molecule has 1 aliphatic rings. The van der Waals surface area contributed by atoms with E-state index in [-0.39, 0.29) is 5.56 Å². The SMILES string of the molecule is Cc1c(CN2CCC[C@@H](Nc3ccccc3)C2)c(=O)n(-c2ccccc2)n1C. The van der Waals surface area contributed by atoms with Gasteiger partial charge < -0.3 is 5.32 Å². The van der Waals surface area contributed by atoms with Gasteiger partial charge in [-0.25, -0.2) is 4.68 Å². The van der Waals surface area contributed by atoms with Gasteiger partial charge in [0.1, 0.15) is 0 Å². The smallest absolute Gasteiger partial charge is 0.276 e. The van der Waals surface area contributed by atoms with Crippen molar-refractivity contribution in [1.82, 2.24) is 14.3 Å². The summed E-state index contributed by atoms with van der Waals surface area (Å²) < 4.78 is 3.74. The third-order valence-electron chi connectivity index (χ3n) is 5.71. The lowest BCUT2D eigenvalue weighted by molar-refractivity contribution is 0.207. The van der Waals surface area contributed by atoms with Crippen LogP contribution in [0.2, 0.25) is 0 Å². The number of rotatable bonds is 5. The molecular weight excluding hydrogens is 348 g/mol. The largest absolute Gasteiger partial charge is 0.381 e. The number of piperidine rings is 1. The summed E-state index contributed by atoms with van der Waals surface area (Å²) in [5.74, 6) is 0. The van der Waals surface area contributed by atoms with Crippen LogP contribution in [0.25, 0.3) is 5.69 Å². The van der Waals surface area contributed by atoms with Crippen LogP contribution in [0.3, 0.4) is 0 Å². The zero-order chi connectivity index (χ0) is 19.5. The first-order chi connectivity index (χ1) is 13.6. The maximum Gasteiger partial charge on any atom is 0.276 e. The molecule has 0 spiro atoms. The number of anilines is 1. The minimum absolute atomic E-state index is 0.0874. The van der Waals surface area contributed by atoms with Crippen molar-refractivity contribution in [2.24, 2.45) is 7.05 Å². The highest BCUT2D eigenvalue weighted by atomic mass is 16.1. The molecule has 0 amide bonds. The summed E-state index contributed by atoms with van der Waals surface area (Å²) in [6.45, 7) is 4.73. The molecule has 4 rings (SSSR count). The molecule has 2 aromatic carbocycles. The number of hydrogen-bond donors (Lipinski definition) is 1. The summed E-state index contributed by atoms with van der Waals surface area (Å²) in [6, 6.07) is 20.6. The molecule has 1 N–H and O–H groups in total. The van der Waals surface area contributed by atoms with Crippen molar-refractivity contribution in [3.63, 3.8) is 0 Å². The molecule has 0 saturated carbocycles. The highest BCUT2D eigenvalue weighted by Crippen LogP contribution is 2.19. The van der Waals surface area contributed by atoms with Crippen LogP contribution in [0.4, 0.5) is 5.69 Å². The molecule has 3 aromatic rings. The summed E-state index contributed by atoms with van der Waals surface area (Å²) in [6.07, 6.45) is 2.30. The Balaban J connectivity index is 1.52. The Morgan fingerprint density at radius 3 is 2.43 bits per heavy atom. The van der Waals surface area contributed by atoms with E-state index in [0.29, 0.717) is 12.6 Å². The number of para-hydroxylation sites is 2. The van der Waals surface area contributed by atoms with Gasteiger partial charge in [0.2, 0.25) is 0 Å². The summed E-state index contributed by atoms with van der Waals surface area (Å²) in [4.78, 5) is 15.6. The van der Waals surface area contributed by atoms with E-state index >= 15 is 0 Å². The Morgan fingerprint density at radius 1 is 1.04 bits per heavy atom. The first-order valence-corrected chi connectivity index (χ1v) is 10.0.